The third-order valence-corrected chi connectivity index (χ3v) is 4.46. The van der Waals surface area contributed by atoms with Crippen LogP contribution in [-0.4, -0.2) is 22.4 Å². The van der Waals surface area contributed by atoms with Crippen LogP contribution in [0.25, 0.3) is 17.3 Å². The number of aromatic nitrogens is 1. The summed E-state index contributed by atoms with van der Waals surface area (Å²) in [4.78, 5) is 26.8. The molecule has 3 rings (SSSR count). The predicted octanol–water partition coefficient (Wildman–Crippen LogP) is 4.77. The zero-order chi connectivity index (χ0) is 19.9. The van der Waals surface area contributed by atoms with Crippen LogP contribution in [0.4, 0.5) is 10.8 Å². The molecule has 0 saturated carbocycles. The molecule has 0 saturated heterocycles. The lowest BCUT2D eigenvalue weighted by Crippen LogP contribution is -2.07. The van der Waals surface area contributed by atoms with Gasteiger partial charge < -0.3 is 4.74 Å². The fourth-order valence-electron chi connectivity index (χ4n) is 2.41. The number of non-ortho nitro benzene ring substituents is 1. The Hall–Kier alpha value is -3.52. The first kappa shape index (κ1) is 19.2. The van der Waals surface area contributed by atoms with Crippen LogP contribution >= 0.6 is 11.3 Å². The number of nitro groups is 1. The molecule has 2 aromatic carbocycles. The lowest BCUT2D eigenvalue weighted by molar-refractivity contribution is -0.384. The summed E-state index contributed by atoms with van der Waals surface area (Å²) in [6, 6.07) is 13.6. The van der Waals surface area contributed by atoms with Crippen LogP contribution in [0.5, 0.6) is 5.75 Å². The van der Waals surface area contributed by atoms with Crippen LogP contribution < -0.4 is 10.1 Å². The first-order chi connectivity index (χ1) is 13.5. The van der Waals surface area contributed by atoms with Gasteiger partial charge in [0.15, 0.2) is 5.13 Å². The van der Waals surface area contributed by atoms with Crippen LogP contribution in [0.3, 0.4) is 0 Å². The number of hydrogen-bond acceptors (Lipinski definition) is 6. The summed E-state index contributed by atoms with van der Waals surface area (Å²) in [5.41, 5.74) is 2.22. The van der Waals surface area contributed by atoms with E-state index in [1.807, 2.05) is 36.6 Å². The van der Waals surface area contributed by atoms with E-state index in [0.29, 0.717) is 17.3 Å². The number of hydrogen-bond donors (Lipinski definition) is 1. The minimum atomic E-state index is -0.477. The van der Waals surface area contributed by atoms with E-state index < -0.39 is 4.92 Å². The standard InChI is InChI=1S/C20H17N3O4S/c1-2-27-17-9-7-15(8-10-17)18-13-28-20(21-18)22-19(24)11-6-14-4-3-5-16(12-14)23(25)26/h3-13H,2H2,1H3,(H,21,22,24)/b11-6+. The average molecular weight is 395 g/mol. The molecule has 7 nitrogen and oxygen atoms in total. The molecular formula is C20H17N3O4S. The zero-order valence-electron chi connectivity index (χ0n) is 15.0. The van der Waals surface area contributed by atoms with E-state index in [1.54, 1.807) is 12.1 Å². The van der Waals surface area contributed by atoms with Crippen LogP contribution in [-0.2, 0) is 4.79 Å². The molecule has 0 aliphatic carbocycles. The number of rotatable bonds is 7. The smallest absolute Gasteiger partial charge is 0.270 e. The van der Waals surface area contributed by atoms with Gasteiger partial charge in [0.1, 0.15) is 5.75 Å². The quantitative estimate of drug-likeness (QED) is 0.353. The van der Waals surface area contributed by atoms with E-state index >= 15 is 0 Å². The second-order valence-electron chi connectivity index (χ2n) is 5.67. The molecule has 0 atom stereocenters. The van der Waals surface area contributed by atoms with Crippen molar-refractivity contribution in [2.45, 2.75) is 6.92 Å². The Morgan fingerprint density at radius 2 is 2.07 bits per heavy atom. The van der Waals surface area contributed by atoms with E-state index in [1.165, 1.54) is 35.6 Å². The van der Waals surface area contributed by atoms with Crippen LogP contribution in [0.1, 0.15) is 12.5 Å². The van der Waals surface area contributed by atoms with Crippen LogP contribution in [0.15, 0.2) is 60.0 Å². The van der Waals surface area contributed by atoms with E-state index in [0.717, 1.165) is 17.0 Å². The van der Waals surface area contributed by atoms with Crippen molar-refractivity contribution >= 4 is 34.1 Å². The van der Waals surface area contributed by atoms with Crippen molar-refractivity contribution in [1.29, 1.82) is 0 Å². The van der Waals surface area contributed by atoms with Crippen molar-refractivity contribution in [1.82, 2.24) is 4.98 Å². The number of nitro benzene ring substituents is 1. The van der Waals surface area contributed by atoms with Gasteiger partial charge >= 0.3 is 0 Å². The summed E-state index contributed by atoms with van der Waals surface area (Å²) < 4.78 is 5.42. The van der Waals surface area contributed by atoms with Crippen molar-refractivity contribution in [3.63, 3.8) is 0 Å². The third kappa shape index (κ3) is 5.01. The molecule has 1 aromatic heterocycles. The normalized spacial score (nSPS) is 10.8. The number of carbonyl (C=O) groups is 1. The number of nitrogens with one attached hydrogen (secondary N) is 1. The van der Waals surface area contributed by atoms with Gasteiger partial charge in [0.05, 0.1) is 17.2 Å². The Bertz CT molecular complexity index is 1010. The third-order valence-electron chi connectivity index (χ3n) is 3.70. The molecule has 3 aromatic rings. The maximum atomic E-state index is 12.1. The molecule has 1 heterocycles. The Morgan fingerprint density at radius 3 is 2.79 bits per heavy atom. The van der Waals surface area contributed by atoms with Gasteiger partial charge in [-0.1, -0.05) is 12.1 Å². The molecule has 1 N–H and O–H groups in total. The summed E-state index contributed by atoms with van der Waals surface area (Å²) in [5.74, 6) is 0.431. The van der Waals surface area contributed by atoms with Crippen molar-refractivity contribution in [3.05, 3.63) is 75.7 Å². The van der Waals surface area contributed by atoms with Gasteiger partial charge in [0, 0.05) is 29.2 Å². The number of anilines is 1. The fraction of sp³-hybridized carbons (Fsp3) is 0.100. The molecule has 0 aliphatic heterocycles. The fourth-order valence-corrected chi connectivity index (χ4v) is 3.14. The van der Waals surface area contributed by atoms with Crippen molar-refractivity contribution in [2.24, 2.45) is 0 Å². The number of thiazole rings is 1. The molecule has 0 aliphatic rings. The van der Waals surface area contributed by atoms with Gasteiger partial charge in [-0.15, -0.1) is 11.3 Å². The summed E-state index contributed by atoms with van der Waals surface area (Å²) in [5, 5.41) is 15.8. The molecule has 142 valence electrons. The zero-order valence-corrected chi connectivity index (χ0v) is 15.8. The van der Waals surface area contributed by atoms with E-state index in [-0.39, 0.29) is 11.6 Å². The maximum Gasteiger partial charge on any atom is 0.270 e. The van der Waals surface area contributed by atoms with Crippen molar-refractivity contribution in [2.75, 3.05) is 11.9 Å². The number of ether oxygens (including phenoxy) is 1. The molecule has 28 heavy (non-hydrogen) atoms. The number of amides is 1. The van der Waals surface area contributed by atoms with Gasteiger partial charge in [0.25, 0.3) is 5.69 Å². The lowest BCUT2D eigenvalue weighted by atomic mass is 10.2. The Morgan fingerprint density at radius 1 is 1.29 bits per heavy atom. The second kappa shape index (κ2) is 8.92. The van der Waals surface area contributed by atoms with Gasteiger partial charge in [-0.05, 0) is 42.8 Å². The van der Waals surface area contributed by atoms with E-state index in [9.17, 15) is 14.9 Å². The van der Waals surface area contributed by atoms with Crippen molar-refractivity contribution in [3.8, 4) is 17.0 Å². The largest absolute Gasteiger partial charge is 0.494 e. The molecule has 0 bridgehead atoms. The Kier molecular flexibility index (Phi) is 6.13. The van der Waals surface area contributed by atoms with Gasteiger partial charge in [-0.3, -0.25) is 20.2 Å². The predicted molar refractivity (Wildman–Crippen MR) is 109 cm³/mol. The summed E-state index contributed by atoms with van der Waals surface area (Å²) in [7, 11) is 0. The Balaban J connectivity index is 1.63. The van der Waals surface area contributed by atoms with Gasteiger partial charge in [-0.2, -0.15) is 0 Å². The van der Waals surface area contributed by atoms with Crippen molar-refractivity contribution < 1.29 is 14.5 Å². The minimum absolute atomic E-state index is 0.0255. The number of nitrogens with zero attached hydrogens (tertiary/aromatic N) is 2. The van der Waals surface area contributed by atoms with E-state index in [2.05, 4.69) is 10.3 Å². The summed E-state index contributed by atoms with van der Waals surface area (Å²) in [6.45, 7) is 2.53. The minimum Gasteiger partial charge on any atom is -0.494 e. The lowest BCUT2D eigenvalue weighted by Gasteiger charge is -2.03. The number of benzene rings is 2. The highest BCUT2D eigenvalue weighted by atomic mass is 32.1. The van der Waals surface area contributed by atoms with Gasteiger partial charge in [-0.25, -0.2) is 4.98 Å². The molecule has 0 spiro atoms. The van der Waals surface area contributed by atoms with Crippen LogP contribution in [0.2, 0.25) is 0 Å². The topological polar surface area (TPSA) is 94.4 Å². The molecule has 1 amide bonds. The summed E-state index contributed by atoms with van der Waals surface area (Å²) in [6.07, 6.45) is 2.83. The maximum absolute atomic E-state index is 12.1. The molecule has 0 radical (unpaired) electrons. The number of carbonyl (C=O) groups excluding carboxylic acids is 1. The second-order valence-corrected chi connectivity index (χ2v) is 6.53. The highest BCUT2D eigenvalue weighted by molar-refractivity contribution is 7.14. The molecule has 0 unspecified atom stereocenters. The molecular weight excluding hydrogens is 378 g/mol. The highest BCUT2D eigenvalue weighted by Crippen LogP contribution is 2.26. The highest BCUT2D eigenvalue weighted by Gasteiger charge is 2.08. The van der Waals surface area contributed by atoms with Crippen LogP contribution in [0, 0.1) is 10.1 Å². The van der Waals surface area contributed by atoms with E-state index in [4.69, 9.17) is 4.74 Å². The average Bonchev–Trinajstić information content (AvgIpc) is 3.16. The Labute approximate surface area is 165 Å². The SMILES string of the molecule is CCOc1ccc(-c2csc(NC(=O)/C=C/c3cccc([N+](=O)[O-])c3)n2)cc1. The summed E-state index contributed by atoms with van der Waals surface area (Å²) >= 11 is 1.32. The van der Waals surface area contributed by atoms with Gasteiger partial charge in [0.2, 0.25) is 5.91 Å². The first-order valence-corrected chi connectivity index (χ1v) is 9.35. The monoisotopic (exact) mass is 395 g/mol. The molecule has 8 heteroatoms. The molecule has 0 fully saturated rings. The first-order valence-electron chi connectivity index (χ1n) is 8.47.